The van der Waals surface area contributed by atoms with Gasteiger partial charge in [0.1, 0.15) is 5.78 Å². The monoisotopic (exact) mass is 178 g/mol. The third-order valence-electron chi connectivity index (χ3n) is 0.824. The molecular weight excluding hydrogens is 171 g/mol. The Bertz CT molecular complexity index is 114. The zero-order chi connectivity index (χ0) is 7.49. The van der Waals surface area contributed by atoms with E-state index in [1.54, 1.807) is 0 Å². The standard InChI is InChI=1S/C4H7BF3O.K/c1-4(9)2-3-5(6,7)8;/h2-3H2,1H3;/q-1;+1. The molecule has 6 heteroatoms. The van der Waals surface area contributed by atoms with Gasteiger partial charge in [-0.05, 0) is 13.3 Å². The fourth-order valence-electron chi connectivity index (χ4n) is 0.367. The number of halogens is 3. The van der Waals surface area contributed by atoms with Gasteiger partial charge in [0, 0.05) is 0 Å². The summed E-state index contributed by atoms with van der Waals surface area (Å²) in [6.07, 6.45) is -1.31. The average Bonchev–Trinajstić information content (AvgIpc) is 1.59. The zero-order valence-electron chi connectivity index (χ0n) is 6.03. The first kappa shape index (κ1) is 13.7. The number of hydrogen-bond acceptors (Lipinski definition) is 1. The normalized spacial score (nSPS) is 10.4. The van der Waals surface area contributed by atoms with Crippen molar-refractivity contribution in [1.82, 2.24) is 0 Å². The van der Waals surface area contributed by atoms with Crippen molar-refractivity contribution in [2.45, 2.75) is 19.7 Å². The molecule has 0 bridgehead atoms. The molecule has 0 N–H and O–H groups in total. The fraction of sp³-hybridized carbons (Fsp3) is 0.750. The molecule has 0 heterocycles. The summed E-state index contributed by atoms with van der Waals surface area (Å²) in [6, 6.07) is 0. The van der Waals surface area contributed by atoms with Crippen LogP contribution in [0.25, 0.3) is 0 Å². The van der Waals surface area contributed by atoms with E-state index in [0.29, 0.717) is 0 Å². The molecule has 0 aromatic rings. The minimum atomic E-state index is -4.75. The summed E-state index contributed by atoms with van der Waals surface area (Å²) in [4.78, 5) is 10.0. The molecule has 0 atom stereocenters. The molecule has 0 radical (unpaired) electrons. The molecule has 0 saturated carbocycles. The number of ketones is 1. The van der Waals surface area contributed by atoms with Crippen LogP contribution in [0, 0.1) is 0 Å². The van der Waals surface area contributed by atoms with Crippen LogP contribution in [0.4, 0.5) is 12.9 Å². The van der Waals surface area contributed by atoms with Gasteiger partial charge in [-0.2, -0.15) is 0 Å². The largest absolute Gasteiger partial charge is 1.00 e. The second-order valence-electron chi connectivity index (χ2n) is 1.95. The van der Waals surface area contributed by atoms with Gasteiger partial charge in [0.05, 0.1) is 0 Å². The molecule has 54 valence electrons. The number of carbonyl (C=O) groups excluding carboxylic acids is 1. The molecule has 0 aliphatic heterocycles. The van der Waals surface area contributed by atoms with Gasteiger partial charge in [0.2, 0.25) is 0 Å². The van der Waals surface area contributed by atoms with Crippen LogP contribution in [0.1, 0.15) is 13.3 Å². The van der Waals surface area contributed by atoms with Crippen LogP contribution in [-0.2, 0) is 4.79 Å². The van der Waals surface area contributed by atoms with Crippen molar-refractivity contribution in [2.75, 3.05) is 0 Å². The molecule has 0 fully saturated rings. The van der Waals surface area contributed by atoms with Crippen molar-refractivity contribution < 1.29 is 69.1 Å². The maximum atomic E-state index is 11.3. The van der Waals surface area contributed by atoms with Crippen molar-refractivity contribution in [2.24, 2.45) is 0 Å². The van der Waals surface area contributed by atoms with Gasteiger partial charge in [-0.3, -0.25) is 0 Å². The van der Waals surface area contributed by atoms with Gasteiger partial charge in [0.15, 0.2) is 0 Å². The summed E-state index contributed by atoms with van der Waals surface area (Å²) in [5.41, 5.74) is 0. The summed E-state index contributed by atoms with van der Waals surface area (Å²) in [5, 5.41) is 0. The Morgan fingerprint density at radius 1 is 1.40 bits per heavy atom. The van der Waals surface area contributed by atoms with E-state index in [-0.39, 0.29) is 57.8 Å². The van der Waals surface area contributed by atoms with Crippen LogP contribution >= 0.6 is 0 Å². The maximum Gasteiger partial charge on any atom is 1.00 e. The first-order valence-electron chi connectivity index (χ1n) is 2.62. The molecule has 0 amide bonds. The molecule has 0 aromatic carbocycles. The van der Waals surface area contributed by atoms with E-state index in [9.17, 15) is 17.7 Å². The van der Waals surface area contributed by atoms with Gasteiger partial charge in [0.25, 0.3) is 0 Å². The smallest absolute Gasteiger partial charge is 0.449 e. The number of Topliss-reactive ketones (excluding diaryl/α,β-unsaturated/α-hetero) is 1. The van der Waals surface area contributed by atoms with E-state index in [2.05, 4.69) is 0 Å². The van der Waals surface area contributed by atoms with Crippen LogP contribution in [0.15, 0.2) is 0 Å². The average molecular weight is 178 g/mol. The summed E-state index contributed by atoms with van der Waals surface area (Å²) >= 11 is 0. The minimum Gasteiger partial charge on any atom is -0.449 e. The van der Waals surface area contributed by atoms with E-state index in [1.807, 2.05) is 0 Å². The maximum absolute atomic E-state index is 11.3. The molecule has 0 saturated heterocycles. The van der Waals surface area contributed by atoms with Gasteiger partial charge < -0.3 is 17.7 Å². The summed E-state index contributed by atoms with van der Waals surface area (Å²) < 4.78 is 34.0. The third-order valence-corrected chi connectivity index (χ3v) is 0.824. The molecule has 1 nitrogen and oxygen atoms in total. The van der Waals surface area contributed by atoms with Crippen LogP contribution in [-0.4, -0.2) is 12.8 Å². The summed E-state index contributed by atoms with van der Waals surface area (Å²) in [5.74, 6) is -0.408. The van der Waals surface area contributed by atoms with Crippen LogP contribution in [0.3, 0.4) is 0 Å². The topological polar surface area (TPSA) is 17.1 Å². The first-order valence-corrected chi connectivity index (χ1v) is 2.62. The Morgan fingerprint density at radius 3 is 1.90 bits per heavy atom. The first-order chi connectivity index (χ1) is 3.92. The van der Waals surface area contributed by atoms with Crippen molar-refractivity contribution >= 4 is 12.8 Å². The molecule has 0 spiro atoms. The molecule has 10 heavy (non-hydrogen) atoms. The van der Waals surface area contributed by atoms with E-state index >= 15 is 0 Å². The van der Waals surface area contributed by atoms with Crippen molar-refractivity contribution in [1.29, 1.82) is 0 Å². The van der Waals surface area contributed by atoms with Crippen molar-refractivity contribution in [3.05, 3.63) is 0 Å². The Labute approximate surface area is 100 Å². The van der Waals surface area contributed by atoms with Gasteiger partial charge in [-0.25, -0.2) is 0 Å². The van der Waals surface area contributed by atoms with Gasteiger partial charge in [-0.1, -0.05) is 6.32 Å². The van der Waals surface area contributed by atoms with Crippen LogP contribution in [0.5, 0.6) is 0 Å². The molecule has 0 aliphatic rings. The van der Waals surface area contributed by atoms with Gasteiger partial charge in [-0.15, -0.1) is 0 Å². The van der Waals surface area contributed by atoms with E-state index in [0.717, 1.165) is 6.92 Å². The minimum absolute atomic E-state index is 0. The molecule has 0 rings (SSSR count). The van der Waals surface area contributed by atoms with E-state index < -0.39 is 19.1 Å². The fourth-order valence-corrected chi connectivity index (χ4v) is 0.367. The number of rotatable bonds is 3. The summed E-state index contributed by atoms with van der Waals surface area (Å²) in [6.45, 7) is -3.60. The molecule has 0 unspecified atom stereocenters. The number of hydrogen-bond donors (Lipinski definition) is 0. The zero-order valence-corrected chi connectivity index (χ0v) is 9.16. The Morgan fingerprint density at radius 2 is 1.80 bits per heavy atom. The number of carbonyl (C=O) groups is 1. The molecule has 0 aromatic heterocycles. The summed E-state index contributed by atoms with van der Waals surface area (Å²) in [7, 11) is 0. The van der Waals surface area contributed by atoms with Gasteiger partial charge >= 0.3 is 58.4 Å². The van der Waals surface area contributed by atoms with Crippen LogP contribution < -0.4 is 51.4 Å². The SMILES string of the molecule is CC(=O)CC[B-](F)(F)F.[K+]. The van der Waals surface area contributed by atoms with Crippen molar-refractivity contribution in [3.63, 3.8) is 0 Å². The molecule has 0 aliphatic carbocycles. The second kappa shape index (κ2) is 5.77. The second-order valence-corrected chi connectivity index (χ2v) is 1.95. The third kappa shape index (κ3) is 11.9. The predicted octanol–water partition coefficient (Wildman–Crippen LogP) is -1.18. The van der Waals surface area contributed by atoms with E-state index in [4.69, 9.17) is 0 Å². The van der Waals surface area contributed by atoms with Crippen LogP contribution in [0.2, 0.25) is 6.32 Å². The van der Waals surface area contributed by atoms with Crippen molar-refractivity contribution in [3.8, 4) is 0 Å². The Kier molecular flexibility index (Phi) is 7.92. The Balaban J connectivity index is 0. The quantitative estimate of drug-likeness (QED) is 0.497. The Hall–Kier alpha value is 1.16. The molecular formula is C4H7BF3KO. The van der Waals surface area contributed by atoms with E-state index in [1.165, 1.54) is 0 Å². The predicted molar refractivity (Wildman–Crippen MR) is 29.2 cm³/mol.